The summed E-state index contributed by atoms with van der Waals surface area (Å²) in [5.74, 6) is -0.291. The normalized spacial score (nSPS) is 10.1. The first-order chi connectivity index (χ1) is 9.49. The molecule has 0 unspecified atom stereocenters. The fraction of sp³-hybridized carbons (Fsp3) is 0.0714. The van der Waals surface area contributed by atoms with Gasteiger partial charge in [-0.1, -0.05) is 24.4 Å². The van der Waals surface area contributed by atoms with Crippen LogP contribution in [0.3, 0.4) is 0 Å². The zero-order valence-electron chi connectivity index (χ0n) is 10.7. The molecule has 0 atom stereocenters. The average Bonchev–Trinajstić information content (AvgIpc) is 2.41. The van der Waals surface area contributed by atoms with Crippen LogP contribution in [0.4, 0.5) is 5.69 Å². The number of hydrogen-bond acceptors (Lipinski definition) is 3. The Labute approximate surface area is 130 Å². The van der Waals surface area contributed by atoms with Crippen molar-refractivity contribution in [2.75, 3.05) is 5.32 Å². The summed E-state index contributed by atoms with van der Waals surface area (Å²) in [4.78, 5) is 16.5. The molecule has 1 amide bonds. The molecule has 0 saturated heterocycles. The van der Waals surface area contributed by atoms with Crippen LogP contribution in [0.2, 0.25) is 0 Å². The Balaban J connectivity index is 2.30. The molecule has 0 fully saturated rings. The highest BCUT2D eigenvalue weighted by Gasteiger charge is 2.13. The van der Waals surface area contributed by atoms with Gasteiger partial charge in [0.1, 0.15) is 10.7 Å². The van der Waals surface area contributed by atoms with Gasteiger partial charge >= 0.3 is 0 Å². The van der Waals surface area contributed by atoms with Crippen LogP contribution < -0.4 is 11.1 Å². The Hall–Kier alpha value is -1.79. The number of anilines is 1. The van der Waals surface area contributed by atoms with Crippen molar-refractivity contribution in [1.29, 1.82) is 0 Å². The molecule has 0 aliphatic heterocycles. The lowest BCUT2D eigenvalue weighted by Crippen LogP contribution is -2.16. The lowest BCUT2D eigenvalue weighted by atomic mass is 10.1. The molecular formula is C14H12BrN3OS. The van der Waals surface area contributed by atoms with Gasteiger partial charge in [0.05, 0.1) is 0 Å². The van der Waals surface area contributed by atoms with Crippen molar-refractivity contribution in [2.24, 2.45) is 5.73 Å². The maximum absolute atomic E-state index is 12.2. The van der Waals surface area contributed by atoms with Crippen molar-refractivity contribution in [1.82, 2.24) is 4.98 Å². The van der Waals surface area contributed by atoms with Gasteiger partial charge in [-0.05, 0) is 46.6 Å². The van der Waals surface area contributed by atoms with Gasteiger partial charge in [0, 0.05) is 21.9 Å². The summed E-state index contributed by atoms with van der Waals surface area (Å²) in [6.45, 7) is 1.90. The van der Waals surface area contributed by atoms with Crippen molar-refractivity contribution in [2.45, 2.75) is 6.92 Å². The number of carbonyl (C=O) groups is 1. The molecule has 4 nitrogen and oxygen atoms in total. The second kappa shape index (κ2) is 6.11. The number of nitrogens with two attached hydrogens (primary N) is 1. The minimum Gasteiger partial charge on any atom is -0.389 e. The maximum atomic E-state index is 12.2. The number of benzene rings is 1. The summed E-state index contributed by atoms with van der Waals surface area (Å²) < 4.78 is 0.639. The molecule has 3 N–H and O–H groups in total. The molecule has 1 heterocycles. The summed E-state index contributed by atoms with van der Waals surface area (Å²) >= 11 is 8.24. The summed E-state index contributed by atoms with van der Waals surface area (Å²) in [5.41, 5.74) is 8.22. The highest BCUT2D eigenvalue weighted by atomic mass is 79.9. The van der Waals surface area contributed by atoms with E-state index in [1.54, 1.807) is 24.4 Å². The quantitative estimate of drug-likeness (QED) is 0.835. The summed E-state index contributed by atoms with van der Waals surface area (Å²) in [6, 6.07) is 8.95. The van der Waals surface area contributed by atoms with Crippen LogP contribution in [0.15, 0.2) is 41.0 Å². The number of rotatable bonds is 3. The first kappa shape index (κ1) is 14.6. The van der Waals surface area contributed by atoms with E-state index in [9.17, 15) is 4.79 Å². The molecule has 0 saturated carbocycles. The predicted molar refractivity (Wildman–Crippen MR) is 87.0 cm³/mol. The largest absolute Gasteiger partial charge is 0.389 e. The fourth-order valence-corrected chi connectivity index (χ4v) is 2.21. The van der Waals surface area contributed by atoms with E-state index in [4.69, 9.17) is 18.0 Å². The van der Waals surface area contributed by atoms with Crippen LogP contribution in [0.1, 0.15) is 21.6 Å². The Kier molecular flexibility index (Phi) is 4.46. The third kappa shape index (κ3) is 3.20. The summed E-state index contributed by atoms with van der Waals surface area (Å²) in [5, 5.41) is 2.82. The molecule has 0 bridgehead atoms. The lowest BCUT2D eigenvalue weighted by Gasteiger charge is -2.10. The molecular weight excluding hydrogens is 338 g/mol. The molecule has 6 heteroatoms. The van der Waals surface area contributed by atoms with Crippen molar-refractivity contribution in [3.63, 3.8) is 0 Å². The highest BCUT2D eigenvalue weighted by Crippen LogP contribution is 2.20. The second-order valence-corrected chi connectivity index (χ2v) is 5.48. The van der Waals surface area contributed by atoms with Crippen LogP contribution in [0.5, 0.6) is 0 Å². The van der Waals surface area contributed by atoms with Crippen molar-refractivity contribution < 1.29 is 4.79 Å². The molecule has 1 aromatic heterocycles. The second-order valence-electron chi connectivity index (χ2n) is 4.18. The molecule has 2 rings (SSSR count). The van der Waals surface area contributed by atoms with E-state index in [1.165, 1.54) is 0 Å². The third-order valence-electron chi connectivity index (χ3n) is 2.74. The summed E-state index contributed by atoms with van der Waals surface area (Å²) in [7, 11) is 0. The van der Waals surface area contributed by atoms with Crippen LogP contribution in [-0.2, 0) is 0 Å². The van der Waals surface area contributed by atoms with E-state index in [-0.39, 0.29) is 5.91 Å². The monoisotopic (exact) mass is 349 g/mol. The van der Waals surface area contributed by atoms with E-state index in [0.717, 1.165) is 5.56 Å². The van der Waals surface area contributed by atoms with Gasteiger partial charge in [0.25, 0.3) is 5.91 Å². The molecule has 20 heavy (non-hydrogen) atoms. The van der Waals surface area contributed by atoms with Gasteiger partial charge < -0.3 is 11.1 Å². The number of thiocarbonyl (C=S) groups is 1. The highest BCUT2D eigenvalue weighted by molar-refractivity contribution is 9.10. The molecule has 0 radical (unpaired) electrons. The van der Waals surface area contributed by atoms with Crippen LogP contribution >= 0.6 is 28.1 Å². The smallest absolute Gasteiger partial charge is 0.275 e. The van der Waals surface area contributed by atoms with E-state index in [1.807, 2.05) is 19.1 Å². The fourth-order valence-electron chi connectivity index (χ4n) is 1.64. The topological polar surface area (TPSA) is 68.0 Å². The zero-order chi connectivity index (χ0) is 14.7. The van der Waals surface area contributed by atoms with Gasteiger partial charge in [0.2, 0.25) is 0 Å². The number of carbonyl (C=O) groups excluding carboxylic acids is 1. The zero-order valence-corrected chi connectivity index (χ0v) is 13.1. The predicted octanol–water partition coefficient (Wildman–Crippen LogP) is 3.04. The van der Waals surface area contributed by atoms with E-state index < -0.39 is 0 Å². The van der Waals surface area contributed by atoms with Crippen LogP contribution in [0, 0.1) is 6.92 Å². The number of aryl methyl sites for hydroxylation is 1. The number of nitrogens with one attached hydrogen (secondary N) is 1. The molecule has 0 aliphatic carbocycles. The molecule has 0 aliphatic rings. The van der Waals surface area contributed by atoms with Gasteiger partial charge in [-0.3, -0.25) is 4.79 Å². The van der Waals surface area contributed by atoms with Crippen molar-refractivity contribution >= 4 is 44.7 Å². The number of halogens is 1. The van der Waals surface area contributed by atoms with Crippen LogP contribution in [-0.4, -0.2) is 15.9 Å². The molecule has 0 spiro atoms. The Morgan fingerprint density at radius 2 is 2.15 bits per heavy atom. The first-order valence-electron chi connectivity index (χ1n) is 5.81. The third-order valence-corrected chi connectivity index (χ3v) is 3.62. The Morgan fingerprint density at radius 3 is 2.80 bits per heavy atom. The van der Waals surface area contributed by atoms with E-state index in [0.29, 0.717) is 26.4 Å². The van der Waals surface area contributed by atoms with Gasteiger partial charge in [0.15, 0.2) is 0 Å². The minimum atomic E-state index is -0.291. The number of nitrogens with zero attached hydrogens (tertiary/aromatic N) is 1. The van der Waals surface area contributed by atoms with Crippen molar-refractivity contribution in [3.8, 4) is 0 Å². The number of amides is 1. The van der Waals surface area contributed by atoms with Crippen molar-refractivity contribution in [3.05, 3.63) is 57.8 Å². The molecule has 102 valence electrons. The number of pyridine rings is 1. The van der Waals surface area contributed by atoms with E-state index in [2.05, 4.69) is 26.2 Å². The molecule has 1 aromatic carbocycles. The summed E-state index contributed by atoms with van der Waals surface area (Å²) in [6.07, 6.45) is 1.57. The number of aromatic nitrogens is 1. The first-order valence-corrected chi connectivity index (χ1v) is 7.01. The Bertz CT molecular complexity index is 688. The average molecular weight is 350 g/mol. The number of hydrogen-bond donors (Lipinski definition) is 2. The van der Waals surface area contributed by atoms with Gasteiger partial charge in [-0.15, -0.1) is 0 Å². The van der Waals surface area contributed by atoms with E-state index >= 15 is 0 Å². The Morgan fingerprint density at radius 1 is 1.40 bits per heavy atom. The molecule has 2 aromatic rings. The standard InChI is InChI=1S/C14H12BrN3OS/c1-8-4-5-9(13(16)20)7-11(8)18-14(19)12-10(15)3-2-6-17-12/h2-7H,1H3,(H2,16,20)(H,18,19). The minimum absolute atomic E-state index is 0.291. The SMILES string of the molecule is Cc1ccc(C(N)=S)cc1NC(=O)c1ncccc1Br. The lowest BCUT2D eigenvalue weighted by molar-refractivity contribution is 0.102. The van der Waals surface area contributed by atoms with Gasteiger partial charge in [-0.2, -0.15) is 0 Å². The van der Waals surface area contributed by atoms with Gasteiger partial charge in [-0.25, -0.2) is 4.98 Å². The van der Waals surface area contributed by atoms with Crippen LogP contribution in [0.25, 0.3) is 0 Å². The maximum Gasteiger partial charge on any atom is 0.275 e.